The molecule has 7 fully saturated rings. The van der Waals surface area contributed by atoms with Crippen LogP contribution in [0.4, 0.5) is 0 Å². The van der Waals surface area contributed by atoms with Crippen molar-refractivity contribution in [2.75, 3.05) is 0 Å². The predicted molar refractivity (Wildman–Crippen MR) is 150 cm³/mol. The van der Waals surface area contributed by atoms with Gasteiger partial charge < -0.3 is 34.3 Å². The highest BCUT2D eigenvalue weighted by atomic mass is 16.6. The van der Waals surface area contributed by atoms with Gasteiger partial charge in [0.2, 0.25) is 0 Å². The van der Waals surface area contributed by atoms with Crippen molar-refractivity contribution < 1.29 is 53.4 Å². The number of ether oxygens (including phenoxy) is 4. The number of hydrogen-bond donors (Lipinski definition) is 3. The molecule has 0 amide bonds. The summed E-state index contributed by atoms with van der Waals surface area (Å²) in [4.78, 5) is 52.5. The summed E-state index contributed by atoms with van der Waals surface area (Å²) in [6.07, 6.45) is -4.55. The highest BCUT2D eigenvalue weighted by Gasteiger charge is 2.82. The van der Waals surface area contributed by atoms with Crippen molar-refractivity contribution >= 4 is 23.7 Å². The van der Waals surface area contributed by atoms with Gasteiger partial charge in [-0.2, -0.15) is 0 Å². The Balaban J connectivity index is 1.44. The van der Waals surface area contributed by atoms with Crippen molar-refractivity contribution in [3.05, 3.63) is 0 Å². The van der Waals surface area contributed by atoms with Crippen molar-refractivity contribution in [2.24, 2.45) is 63.6 Å². The molecule has 0 aromatic rings. The van der Waals surface area contributed by atoms with Gasteiger partial charge in [0.05, 0.1) is 12.2 Å². The van der Waals surface area contributed by atoms with Gasteiger partial charge in [0, 0.05) is 53.8 Å². The van der Waals surface area contributed by atoms with Gasteiger partial charge in [0.25, 0.3) is 0 Å². The standard InChI is InChI=1S/C33H46O11/c1-11-9-17-32(7,33(8,40)29(39)44-17)22-19(11)31(6)21(25(22)38)18-20(12(2)27(31)41-13(3)34)30(5)15(23(36)24(18)37)10-16-26(43-16)28(30)42-14(4)35/h11-12,15-22,24-28,37-38,40H,9-10H2,1-8H3/t11-,12+,15-,16+,17+,18-,19+,20+,21-,22+,24-,25-,26+,27+,28+,30+,31-,32+,33-/m1/s1. The summed E-state index contributed by atoms with van der Waals surface area (Å²) in [5.74, 6) is -6.33. The molecule has 11 nitrogen and oxygen atoms in total. The molecule has 0 aromatic heterocycles. The summed E-state index contributed by atoms with van der Waals surface area (Å²) >= 11 is 0. The van der Waals surface area contributed by atoms with E-state index >= 15 is 0 Å². The SMILES string of the molecule is CC(=O)O[C@H]1[C@@H](C)[C@H]2[C@H]([C@@H]3[C@@H](O)[C@@H]4[C@H]([C@H](C)C[C@@H]5OC(=O)[C@@](C)(O)[C@]45C)[C@]31C)[C@@H](O)C(=O)[C@H]1C[C@@H]3O[C@@H]3[C@H](OC(C)=O)[C@]21C. The second kappa shape index (κ2) is 9.04. The average Bonchev–Trinajstić information content (AvgIpc) is 3.61. The number of hydrogen-bond acceptors (Lipinski definition) is 11. The molecule has 0 radical (unpaired) electrons. The maximum absolute atomic E-state index is 14.2. The molecule has 5 aliphatic carbocycles. The summed E-state index contributed by atoms with van der Waals surface area (Å²) < 4.78 is 23.9. The molecule has 0 aromatic carbocycles. The third-order valence-electron chi connectivity index (χ3n) is 14.4. The van der Waals surface area contributed by atoms with Gasteiger partial charge in [-0.25, -0.2) is 4.79 Å². The molecule has 0 spiro atoms. The van der Waals surface area contributed by atoms with E-state index in [1.165, 1.54) is 20.8 Å². The van der Waals surface area contributed by atoms with E-state index in [1.54, 1.807) is 6.92 Å². The number of esters is 3. The number of Topliss-reactive ketones (excluding diaryl/α,β-unsaturated/α-hetero) is 1. The fraction of sp³-hybridized carbons (Fsp3) is 0.879. The zero-order valence-electron chi connectivity index (χ0n) is 26.7. The van der Waals surface area contributed by atoms with Crippen molar-refractivity contribution in [1.29, 1.82) is 0 Å². The summed E-state index contributed by atoms with van der Waals surface area (Å²) in [5.41, 5.74) is -5.00. The summed E-state index contributed by atoms with van der Waals surface area (Å²) in [6, 6.07) is 0. The fourth-order valence-corrected chi connectivity index (χ4v) is 12.7. The van der Waals surface area contributed by atoms with Crippen LogP contribution in [0.15, 0.2) is 0 Å². The van der Waals surface area contributed by atoms with Gasteiger partial charge in [-0.05, 0) is 43.4 Å². The number of aliphatic hydroxyl groups is 3. The Labute approximate surface area is 257 Å². The average molecular weight is 619 g/mol. The van der Waals surface area contributed by atoms with Crippen LogP contribution in [0.2, 0.25) is 0 Å². The van der Waals surface area contributed by atoms with Crippen LogP contribution in [0.3, 0.4) is 0 Å². The molecule has 2 heterocycles. The van der Waals surface area contributed by atoms with Gasteiger partial charge >= 0.3 is 17.9 Å². The fourth-order valence-electron chi connectivity index (χ4n) is 12.7. The Bertz CT molecular complexity index is 1330. The smallest absolute Gasteiger partial charge is 0.338 e. The summed E-state index contributed by atoms with van der Waals surface area (Å²) in [5, 5.41) is 36.3. The van der Waals surface area contributed by atoms with E-state index in [4.69, 9.17) is 18.9 Å². The first-order chi connectivity index (χ1) is 20.4. The highest BCUT2D eigenvalue weighted by Crippen LogP contribution is 2.76. The highest BCUT2D eigenvalue weighted by molar-refractivity contribution is 5.88. The van der Waals surface area contributed by atoms with E-state index < -0.39 is 106 Å². The molecule has 44 heavy (non-hydrogen) atoms. The molecule has 7 aliphatic rings. The number of carbonyl (C=O) groups is 4. The first kappa shape index (κ1) is 30.6. The molecule has 5 saturated carbocycles. The number of ketones is 1. The molecule has 244 valence electrons. The molecule has 19 atom stereocenters. The normalized spacial score (nSPS) is 60.0. The molecule has 3 N–H and O–H groups in total. The van der Waals surface area contributed by atoms with E-state index in [0.717, 1.165) is 0 Å². The predicted octanol–water partition coefficient (Wildman–Crippen LogP) is 1.42. The number of rotatable bonds is 2. The van der Waals surface area contributed by atoms with Gasteiger partial charge in [-0.1, -0.05) is 34.6 Å². The molecule has 2 saturated heterocycles. The lowest BCUT2D eigenvalue weighted by molar-refractivity contribution is -0.252. The topological polar surface area (TPSA) is 169 Å². The molecular formula is C33H46O11. The largest absolute Gasteiger partial charge is 0.462 e. The lowest BCUT2D eigenvalue weighted by atomic mass is 9.39. The van der Waals surface area contributed by atoms with Crippen molar-refractivity contribution in [2.45, 2.75) is 117 Å². The minimum atomic E-state index is -1.90. The van der Waals surface area contributed by atoms with Crippen molar-refractivity contribution in [3.63, 3.8) is 0 Å². The van der Waals surface area contributed by atoms with Crippen LogP contribution < -0.4 is 0 Å². The number of fused-ring (bicyclic) bond motifs is 10. The first-order valence-corrected chi connectivity index (χ1v) is 16.2. The van der Waals surface area contributed by atoms with E-state index in [9.17, 15) is 34.5 Å². The van der Waals surface area contributed by atoms with Crippen LogP contribution >= 0.6 is 0 Å². The van der Waals surface area contributed by atoms with E-state index in [0.29, 0.717) is 12.8 Å². The van der Waals surface area contributed by atoms with Crippen molar-refractivity contribution in [1.82, 2.24) is 0 Å². The van der Waals surface area contributed by atoms with Crippen LogP contribution in [0.25, 0.3) is 0 Å². The Morgan fingerprint density at radius 3 is 2.09 bits per heavy atom. The maximum Gasteiger partial charge on any atom is 0.338 e. The molecule has 7 rings (SSSR count). The van der Waals surface area contributed by atoms with Crippen LogP contribution in [-0.2, 0) is 38.1 Å². The van der Waals surface area contributed by atoms with Crippen LogP contribution in [-0.4, -0.2) is 87.3 Å². The first-order valence-electron chi connectivity index (χ1n) is 16.2. The minimum Gasteiger partial charge on any atom is -0.462 e. The third-order valence-corrected chi connectivity index (χ3v) is 14.4. The lowest BCUT2D eigenvalue weighted by Crippen LogP contribution is -2.72. The van der Waals surface area contributed by atoms with Crippen LogP contribution in [0.5, 0.6) is 0 Å². The van der Waals surface area contributed by atoms with E-state index in [-0.39, 0.29) is 29.8 Å². The Kier molecular flexibility index (Phi) is 6.28. The van der Waals surface area contributed by atoms with Gasteiger partial charge in [0.15, 0.2) is 11.4 Å². The molecule has 0 bridgehead atoms. The minimum absolute atomic E-state index is 0.116. The molecule has 2 aliphatic heterocycles. The zero-order chi connectivity index (χ0) is 32.2. The Morgan fingerprint density at radius 2 is 1.48 bits per heavy atom. The Hall–Kier alpha value is -2.08. The molecule has 11 heteroatoms. The monoisotopic (exact) mass is 618 g/mol. The number of carbonyl (C=O) groups excluding carboxylic acids is 4. The molecular weight excluding hydrogens is 572 g/mol. The number of aliphatic hydroxyl groups excluding tert-OH is 2. The summed E-state index contributed by atoms with van der Waals surface area (Å²) in [6.45, 7) is 13.8. The third kappa shape index (κ3) is 3.32. The second-order valence-corrected chi connectivity index (χ2v) is 16.1. The van der Waals surface area contributed by atoms with Gasteiger partial charge in [-0.15, -0.1) is 0 Å². The Morgan fingerprint density at radius 1 is 0.864 bits per heavy atom. The van der Waals surface area contributed by atoms with E-state index in [2.05, 4.69) is 0 Å². The zero-order valence-corrected chi connectivity index (χ0v) is 26.7. The van der Waals surface area contributed by atoms with Crippen molar-refractivity contribution in [3.8, 4) is 0 Å². The van der Waals surface area contributed by atoms with Crippen LogP contribution in [0.1, 0.15) is 68.2 Å². The lowest BCUT2D eigenvalue weighted by Gasteiger charge is -2.65. The summed E-state index contributed by atoms with van der Waals surface area (Å²) in [7, 11) is 0. The van der Waals surface area contributed by atoms with Gasteiger partial charge in [-0.3, -0.25) is 14.4 Å². The molecule has 0 unspecified atom stereocenters. The maximum atomic E-state index is 14.2. The van der Waals surface area contributed by atoms with Crippen LogP contribution in [0, 0.1) is 63.6 Å². The van der Waals surface area contributed by atoms with E-state index in [1.807, 2.05) is 27.7 Å². The quantitative estimate of drug-likeness (QED) is 0.232. The second-order valence-electron chi connectivity index (χ2n) is 16.1. The number of epoxide rings is 1. The van der Waals surface area contributed by atoms with Gasteiger partial charge in [0.1, 0.15) is 30.5 Å².